The summed E-state index contributed by atoms with van der Waals surface area (Å²) in [5.41, 5.74) is 2.30. The predicted molar refractivity (Wildman–Crippen MR) is 103 cm³/mol. The molecule has 5 nitrogen and oxygen atoms in total. The number of rotatable bonds is 4. The number of halogens is 1. The molecule has 1 aliphatic heterocycles. The van der Waals surface area contributed by atoms with Crippen LogP contribution in [-0.2, 0) is 6.54 Å². The largest absolute Gasteiger partial charge is 0.367 e. The maximum absolute atomic E-state index is 4.47. The first kappa shape index (κ1) is 16.4. The minimum atomic E-state index is 0.450. The van der Waals surface area contributed by atoms with E-state index in [2.05, 4.69) is 59.3 Å². The van der Waals surface area contributed by atoms with Gasteiger partial charge in [0.25, 0.3) is 0 Å². The van der Waals surface area contributed by atoms with Crippen LogP contribution in [0.15, 0.2) is 53.5 Å². The Bertz CT molecular complexity index is 847. The molecule has 1 aromatic carbocycles. The number of benzene rings is 1. The second-order valence-electron chi connectivity index (χ2n) is 6.43. The molecule has 3 heterocycles. The van der Waals surface area contributed by atoms with Crippen molar-refractivity contribution in [3.63, 3.8) is 0 Å². The second kappa shape index (κ2) is 7.45. The Balaban J connectivity index is 1.40. The molecule has 1 fully saturated rings. The molecule has 0 bridgehead atoms. The molecular weight excluding hydrogens is 378 g/mol. The summed E-state index contributed by atoms with van der Waals surface area (Å²) in [6.45, 7) is 3.18. The fourth-order valence-corrected chi connectivity index (χ4v) is 3.68. The quantitative estimate of drug-likeness (QED) is 0.723. The first-order chi connectivity index (χ1) is 12.3. The maximum atomic E-state index is 4.47. The van der Waals surface area contributed by atoms with E-state index in [0.29, 0.717) is 6.04 Å². The van der Waals surface area contributed by atoms with Crippen molar-refractivity contribution < 1.29 is 0 Å². The van der Waals surface area contributed by atoms with E-state index in [4.69, 9.17) is 0 Å². The molecule has 0 amide bonds. The van der Waals surface area contributed by atoms with E-state index in [0.717, 1.165) is 53.7 Å². The maximum Gasteiger partial charge on any atom is 0.137 e. The Morgan fingerprint density at radius 1 is 1.08 bits per heavy atom. The molecule has 0 saturated carbocycles. The highest BCUT2D eigenvalue weighted by atomic mass is 79.9. The number of nitrogens with one attached hydrogen (secondary N) is 1. The first-order valence-corrected chi connectivity index (χ1v) is 9.35. The van der Waals surface area contributed by atoms with Gasteiger partial charge in [0.15, 0.2) is 0 Å². The molecule has 1 N–H and O–H groups in total. The van der Waals surface area contributed by atoms with Gasteiger partial charge in [0.2, 0.25) is 0 Å². The lowest BCUT2D eigenvalue weighted by molar-refractivity contribution is 0.211. The Hall–Kier alpha value is -2.05. The Morgan fingerprint density at radius 2 is 1.88 bits per heavy atom. The lowest BCUT2D eigenvalue weighted by atomic mass is 10.0. The fraction of sp³-hybridized carbons (Fsp3) is 0.316. The third-order valence-electron chi connectivity index (χ3n) is 4.68. The van der Waals surface area contributed by atoms with Crippen molar-refractivity contribution in [2.45, 2.75) is 25.4 Å². The van der Waals surface area contributed by atoms with Gasteiger partial charge in [-0.25, -0.2) is 9.97 Å². The van der Waals surface area contributed by atoms with Crippen molar-refractivity contribution in [3.8, 4) is 0 Å². The minimum Gasteiger partial charge on any atom is -0.367 e. The van der Waals surface area contributed by atoms with E-state index in [1.807, 2.05) is 24.5 Å². The summed E-state index contributed by atoms with van der Waals surface area (Å²) >= 11 is 3.54. The number of aromatic nitrogens is 3. The average molecular weight is 398 g/mol. The van der Waals surface area contributed by atoms with Crippen LogP contribution in [0.3, 0.4) is 0 Å². The van der Waals surface area contributed by atoms with Crippen LogP contribution in [0, 0.1) is 0 Å². The van der Waals surface area contributed by atoms with E-state index in [9.17, 15) is 0 Å². The van der Waals surface area contributed by atoms with Crippen molar-refractivity contribution in [2.24, 2.45) is 0 Å². The molecule has 3 aromatic rings. The lowest BCUT2D eigenvalue weighted by Gasteiger charge is -2.32. The minimum absolute atomic E-state index is 0.450. The van der Waals surface area contributed by atoms with E-state index < -0.39 is 0 Å². The standard InChI is InChI=1S/C19H20BrN5/c20-15-1-2-18-17(11-15)19(23-13-22-18)24-16-5-9-25(10-6-16)12-14-3-7-21-8-4-14/h1-4,7-8,11,13,16H,5-6,9-10,12H2,(H,22,23,24). The number of nitrogens with zero attached hydrogens (tertiary/aromatic N) is 4. The number of fused-ring (bicyclic) bond motifs is 1. The number of piperidine rings is 1. The van der Waals surface area contributed by atoms with Gasteiger partial charge in [-0.15, -0.1) is 0 Å². The van der Waals surface area contributed by atoms with Gasteiger partial charge in [0.05, 0.1) is 5.52 Å². The Kier molecular flexibility index (Phi) is 4.90. The summed E-state index contributed by atoms with van der Waals surface area (Å²) in [4.78, 5) is 15.4. The van der Waals surface area contributed by atoms with Crippen molar-refractivity contribution in [1.29, 1.82) is 0 Å². The summed E-state index contributed by atoms with van der Waals surface area (Å²) in [7, 11) is 0. The van der Waals surface area contributed by atoms with E-state index in [1.54, 1.807) is 6.33 Å². The number of hydrogen-bond donors (Lipinski definition) is 1. The summed E-state index contributed by atoms with van der Waals surface area (Å²) in [6, 6.07) is 10.7. The molecule has 128 valence electrons. The highest BCUT2D eigenvalue weighted by molar-refractivity contribution is 9.10. The highest BCUT2D eigenvalue weighted by Crippen LogP contribution is 2.25. The first-order valence-electron chi connectivity index (χ1n) is 8.56. The van der Waals surface area contributed by atoms with Gasteiger partial charge < -0.3 is 5.32 Å². The van der Waals surface area contributed by atoms with Crippen LogP contribution in [0.1, 0.15) is 18.4 Å². The summed E-state index contributed by atoms with van der Waals surface area (Å²) in [5, 5.41) is 4.69. The summed E-state index contributed by atoms with van der Waals surface area (Å²) in [6.07, 6.45) is 7.59. The van der Waals surface area contributed by atoms with Gasteiger partial charge in [-0.1, -0.05) is 15.9 Å². The van der Waals surface area contributed by atoms with Crippen LogP contribution in [0.25, 0.3) is 10.9 Å². The topological polar surface area (TPSA) is 53.9 Å². The van der Waals surface area contributed by atoms with Gasteiger partial charge in [-0.2, -0.15) is 0 Å². The van der Waals surface area contributed by atoms with Crippen LogP contribution < -0.4 is 5.32 Å². The van der Waals surface area contributed by atoms with Crippen LogP contribution in [0.2, 0.25) is 0 Å². The molecular formula is C19H20BrN5. The zero-order valence-electron chi connectivity index (χ0n) is 13.9. The fourth-order valence-electron chi connectivity index (χ4n) is 3.32. The molecule has 0 radical (unpaired) electrons. The third kappa shape index (κ3) is 3.96. The molecule has 1 saturated heterocycles. The van der Waals surface area contributed by atoms with Crippen molar-refractivity contribution in [1.82, 2.24) is 19.9 Å². The van der Waals surface area contributed by atoms with Gasteiger partial charge in [-0.05, 0) is 48.7 Å². The molecule has 2 aromatic heterocycles. The lowest BCUT2D eigenvalue weighted by Crippen LogP contribution is -2.38. The van der Waals surface area contributed by atoms with Crippen LogP contribution in [0.5, 0.6) is 0 Å². The summed E-state index contributed by atoms with van der Waals surface area (Å²) in [5.74, 6) is 0.930. The number of anilines is 1. The van der Waals surface area contributed by atoms with E-state index in [1.165, 1.54) is 5.56 Å². The molecule has 6 heteroatoms. The highest BCUT2D eigenvalue weighted by Gasteiger charge is 2.20. The van der Waals surface area contributed by atoms with E-state index in [-0.39, 0.29) is 0 Å². The molecule has 0 aliphatic carbocycles. The summed E-state index contributed by atoms with van der Waals surface area (Å²) < 4.78 is 1.05. The molecule has 0 unspecified atom stereocenters. The smallest absolute Gasteiger partial charge is 0.137 e. The van der Waals surface area contributed by atoms with Crippen LogP contribution in [-0.4, -0.2) is 39.0 Å². The Morgan fingerprint density at radius 3 is 2.68 bits per heavy atom. The molecule has 25 heavy (non-hydrogen) atoms. The van der Waals surface area contributed by atoms with Crippen molar-refractivity contribution in [2.75, 3.05) is 18.4 Å². The third-order valence-corrected chi connectivity index (χ3v) is 5.17. The van der Waals surface area contributed by atoms with Gasteiger partial charge in [0, 0.05) is 47.9 Å². The van der Waals surface area contributed by atoms with Gasteiger partial charge in [-0.3, -0.25) is 9.88 Å². The van der Waals surface area contributed by atoms with Crippen LogP contribution >= 0.6 is 15.9 Å². The second-order valence-corrected chi connectivity index (χ2v) is 7.35. The van der Waals surface area contributed by atoms with Crippen LogP contribution in [0.4, 0.5) is 5.82 Å². The monoisotopic (exact) mass is 397 g/mol. The number of hydrogen-bond acceptors (Lipinski definition) is 5. The molecule has 1 aliphatic rings. The van der Waals surface area contributed by atoms with E-state index >= 15 is 0 Å². The number of likely N-dealkylation sites (tertiary alicyclic amines) is 1. The zero-order valence-corrected chi connectivity index (χ0v) is 15.5. The molecule has 0 atom stereocenters. The number of pyridine rings is 1. The zero-order chi connectivity index (χ0) is 17.1. The normalized spacial score (nSPS) is 16.2. The predicted octanol–water partition coefficient (Wildman–Crippen LogP) is 3.86. The van der Waals surface area contributed by atoms with Gasteiger partial charge >= 0.3 is 0 Å². The van der Waals surface area contributed by atoms with Crippen molar-refractivity contribution in [3.05, 3.63) is 59.1 Å². The molecule has 0 spiro atoms. The van der Waals surface area contributed by atoms with Crippen molar-refractivity contribution >= 4 is 32.7 Å². The average Bonchev–Trinajstić information content (AvgIpc) is 2.65. The SMILES string of the molecule is Brc1ccc2ncnc(NC3CCN(Cc4ccncc4)CC3)c2c1. The molecule has 4 rings (SSSR count). The Labute approximate surface area is 155 Å². The van der Waals surface area contributed by atoms with Gasteiger partial charge in [0.1, 0.15) is 12.1 Å².